The van der Waals surface area contributed by atoms with Crippen molar-refractivity contribution >= 4 is 44.8 Å². The van der Waals surface area contributed by atoms with Crippen molar-refractivity contribution in [2.45, 2.75) is 53.3 Å². The van der Waals surface area contributed by atoms with Crippen LogP contribution >= 0.6 is 11.3 Å². The number of aromatic nitrogens is 2. The molecule has 0 spiro atoms. The molecule has 0 saturated heterocycles. The maximum Gasteiger partial charge on any atom is 0.0795 e. The first-order valence-electron chi connectivity index (χ1n) is 15.9. The molecule has 0 aliphatic carbocycles. The Morgan fingerprint density at radius 2 is 1.53 bits per heavy atom. The number of thiophene rings is 1. The predicted molar refractivity (Wildman–Crippen MR) is 202 cm³/mol. The molecule has 0 N–H and O–H groups in total. The van der Waals surface area contributed by atoms with Crippen LogP contribution in [0.3, 0.4) is 0 Å². The average Bonchev–Trinajstić information content (AvgIpc) is 3.44. The Kier molecular flexibility index (Phi) is 10.7. The number of pyridine rings is 2. The fourth-order valence-electron chi connectivity index (χ4n) is 5.84. The summed E-state index contributed by atoms with van der Waals surface area (Å²) in [6.07, 6.45) is 3.94. The zero-order valence-electron chi connectivity index (χ0n) is 28.1. The van der Waals surface area contributed by atoms with Gasteiger partial charge in [0.2, 0.25) is 0 Å². The van der Waals surface area contributed by atoms with Crippen molar-refractivity contribution in [2.75, 3.05) is 0 Å². The molecule has 3 aromatic heterocycles. The van der Waals surface area contributed by atoms with Crippen molar-refractivity contribution in [3.8, 4) is 33.6 Å². The van der Waals surface area contributed by atoms with Crippen LogP contribution in [0.5, 0.6) is 0 Å². The van der Waals surface area contributed by atoms with Crippen molar-refractivity contribution in [2.24, 2.45) is 0 Å². The monoisotopic (exact) mass is 825 g/mol. The largest absolute Gasteiger partial charge is 0.305 e. The first kappa shape index (κ1) is 34.6. The smallest absolute Gasteiger partial charge is 0.0795 e. The second-order valence-electron chi connectivity index (χ2n) is 13.3. The molecule has 0 bridgehead atoms. The number of benzene rings is 4. The molecular formula is C42H40IrN2SSi-2. The molecule has 0 amide bonds. The van der Waals surface area contributed by atoms with E-state index in [-0.39, 0.29) is 20.1 Å². The SMILES string of the molecule is C[Si](C)(C)c1ccc(-c2[c-]cccc2)nc1.Cc1cc(C)cc(-c2cccc3sc4c(-c5cc(C(C)C)ccn5)[c-]ccc4c23)c1.[Ir]. The Bertz CT molecular complexity index is 2110. The predicted octanol–water partition coefficient (Wildman–Crippen LogP) is 11.4. The third-order valence-corrected chi connectivity index (χ3v) is 11.5. The summed E-state index contributed by atoms with van der Waals surface area (Å²) < 4.78 is 2.57. The van der Waals surface area contributed by atoms with E-state index < -0.39 is 8.07 Å². The summed E-state index contributed by atoms with van der Waals surface area (Å²) in [7, 11) is -1.23. The molecule has 0 atom stereocenters. The van der Waals surface area contributed by atoms with Crippen LogP contribution < -0.4 is 5.19 Å². The summed E-state index contributed by atoms with van der Waals surface area (Å²) in [6.45, 7) is 15.8. The summed E-state index contributed by atoms with van der Waals surface area (Å²) in [6, 6.07) is 40.9. The van der Waals surface area contributed by atoms with Gasteiger partial charge in [-0.25, -0.2) is 0 Å². The van der Waals surface area contributed by atoms with E-state index in [1.54, 1.807) is 0 Å². The molecule has 3 heterocycles. The zero-order valence-corrected chi connectivity index (χ0v) is 32.3. The minimum atomic E-state index is -1.23. The molecule has 1 radical (unpaired) electrons. The maximum absolute atomic E-state index is 4.69. The van der Waals surface area contributed by atoms with Crippen LogP contribution in [0.4, 0.5) is 0 Å². The third-order valence-electron chi connectivity index (χ3n) is 8.31. The van der Waals surface area contributed by atoms with Gasteiger partial charge in [0.1, 0.15) is 0 Å². The van der Waals surface area contributed by atoms with Crippen molar-refractivity contribution in [3.05, 3.63) is 138 Å². The molecule has 0 fully saturated rings. The van der Waals surface area contributed by atoms with E-state index in [1.165, 1.54) is 53.2 Å². The second-order valence-corrected chi connectivity index (χ2v) is 19.5. The van der Waals surface area contributed by atoms with Crippen molar-refractivity contribution < 1.29 is 20.1 Å². The molecule has 0 saturated carbocycles. The van der Waals surface area contributed by atoms with Crippen LogP contribution in [0.1, 0.15) is 36.5 Å². The Balaban J connectivity index is 0.000000217. The van der Waals surface area contributed by atoms with Crippen LogP contribution in [0, 0.1) is 26.0 Å². The molecule has 0 aliphatic heterocycles. The fraction of sp³-hybridized carbons (Fsp3) is 0.190. The van der Waals surface area contributed by atoms with Crippen LogP contribution in [0.2, 0.25) is 19.6 Å². The van der Waals surface area contributed by atoms with Gasteiger partial charge in [0.05, 0.1) is 8.07 Å². The van der Waals surface area contributed by atoms with Crippen molar-refractivity contribution in [3.63, 3.8) is 0 Å². The van der Waals surface area contributed by atoms with Gasteiger partial charge in [0, 0.05) is 37.2 Å². The number of fused-ring (bicyclic) bond motifs is 3. The maximum atomic E-state index is 4.69. The molecule has 5 heteroatoms. The van der Waals surface area contributed by atoms with Gasteiger partial charge in [0.15, 0.2) is 0 Å². The summed E-state index contributed by atoms with van der Waals surface area (Å²) >= 11 is 1.84. The van der Waals surface area contributed by atoms with Crippen molar-refractivity contribution in [1.29, 1.82) is 0 Å². The summed E-state index contributed by atoms with van der Waals surface area (Å²) in [5.74, 6) is 0.476. The van der Waals surface area contributed by atoms with Gasteiger partial charge in [0.25, 0.3) is 0 Å². The summed E-state index contributed by atoms with van der Waals surface area (Å²) in [5, 5.41) is 4.01. The Hall–Kier alpha value is -3.73. The first-order chi connectivity index (χ1) is 22.1. The van der Waals surface area contributed by atoms with Gasteiger partial charge in [-0.2, -0.15) is 11.3 Å². The molecular weight excluding hydrogens is 785 g/mol. The molecule has 7 rings (SSSR count). The van der Waals surface area contributed by atoms with Crippen molar-refractivity contribution in [1.82, 2.24) is 9.97 Å². The Morgan fingerprint density at radius 1 is 0.745 bits per heavy atom. The summed E-state index contributed by atoms with van der Waals surface area (Å²) in [4.78, 5) is 9.21. The van der Waals surface area contributed by atoms with E-state index in [0.717, 1.165) is 22.5 Å². The van der Waals surface area contributed by atoms with Gasteiger partial charge in [-0.15, -0.1) is 59.7 Å². The van der Waals surface area contributed by atoms with E-state index in [0.29, 0.717) is 5.92 Å². The normalized spacial score (nSPS) is 11.3. The minimum Gasteiger partial charge on any atom is -0.305 e. The van der Waals surface area contributed by atoms with Gasteiger partial charge in [-0.1, -0.05) is 104 Å². The Morgan fingerprint density at radius 3 is 2.19 bits per heavy atom. The number of hydrogen-bond acceptors (Lipinski definition) is 3. The zero-order chi connectivity index (χ0) is 32.4. The molecule has 47 heavy (non-hydrogen) atoms. The number of rotatable bonds is 5. The average molecular weight is 825 g/mol. The fourth-order valence-corrected chi connectivity index (χ4v) is 8.11. The summed E-state index contributed by atoms with van der Waals surface area (Å²) in [5.41, 5.74) is 10.7. The van der Waals surface area contributed by atoms with Crippen LogP contribution in [0.25, 0.3) is 53.8 Å². The quantitative estimate of drug-likeness (QED) is 0.128. The number of nitrogens with zero attached hydrogens (tertiary/aromatic N) is 2. The van der Waals surface area contributed by atoms with E-state index in [4.69, 9.17) is 4.98 Å². The van der Waals surface area contributed by atoms with Crippen LogP contribution in [-0.2, 0) is 20.1 Å². The van der Waals surface area contributed by atoms with Gasteiger partial charge >= 0.3 is 0 Å². The van der Waals surface area contributed by atoms with E-state index in [9.17, 15) is 0 Å². The molecule has 4 aromatic carbocycles. The van der Waals surface area contributed by atoms with Gasteiger partial charge in [-0.3, -0.25) is 0 Å². The standard InChI is InChI=1S/C28H24NS.C14H16NSi.Ir/c1-17(2)20-11-12-29-25(16-20)23-8-5-9-24-27-22(7-6-10-26(27)30-28(23)24)21-14-18(3)13-19(4)15-21;1-16(2,3)13-9-10-14(15-11-13)12-7-5-4-6-8-12;/h5-7,9-17H,1-4H3;4-7,9-11H,1-3H3;/q2*-1;. The van der Waals surface area contributed by atoms with E-state index >= 15 is 0 Å². The van der Waals surface area contributed by atoms with Gasteiger partial charge in [-0.05, 0) is 69.7 Å². The number of hydrogen-bond donors (Lipinski definition) is 0. The second kappa shape index (κ2) is 14.6. The molecule has 0 aliphatic rings. The molecule has 0 unspecified atom stereocenters. The molecule has 7 aromatic rings. The third kappa shape index (κ3) is 7.71. The van der Waals surface area contributed by atoms with E-state index in [2.05, 4.69) is 131 Å². The van der Waals surface area contributed by atoms with Crippen LogP contribution in [-0.4, -0.2) is 18.0 Å². The van der Waals surface area contributed by atoms with Gasteiger partial charge < -0.3 is 9.97 Å². The number of aryl methyl sites for hydroxylation is 2. The first-order valence-corrected chi connectivity index (χ1v) is 20.2. The molecule has 2 nitrogen and oxygen atoms in total. The topological polar surface area (TPSA) is 25.8 Å². The Labute approximate surface area is 298 Å². The van der Waals surface area contributed by atoms with E-state index in [1.807, 2.05) is 54.1 Å². The molecule has 239 valence electrons. The minimum absolute atomic E-state index is 0. The van der Waals surface area contributed by atoms with Crippen LogP contribution in [0.15, 0.2) is 109 Å².